The van der Waals surface area contributed by atoms with Crippen molar-refractivity contribution in [2.45, 2.75) is 26.6 Å². The predicted molar refractivity (Wildman–Crippen MR) is 137 cm³/mol. The van der Waals surface area contributed by atoms with Crippen molar-refractivity contribution in [2.24, 2.45) is 0 Å². The lowest BCUT2D eigenvalue weighted by atomic mass is 10.2. The number of aryl methyl sites for hydroxylation is 1. The summed E-state index contributed by atoms with van der Waals surface area (Å²) in [6.45, 7) is 3.81. The Morgan fingerprint density at radius 2 is 1.89 bits per heavy atom. The van der Waals surface area contributed by atoms with E-state index < -0.39 is 17.8 Å². The number of hydrogen-bond donors (Lipinski definition) is 1. The Morgan fingerprint density at radius 1 is 1.11 bits per heavy atom. The molecule has 0 aliphatic carbocycles. The quantitative estimate of drug-likeness (QED) is 0.252. The Hall–Kier alpha value is -3.41. The fraction of sp³-hybridized carbons (Fsp3) is 0.167. The Kier molecular flexibility index (Phi) is 6.47. The summed E-state index contributed by atoms with van der Waals surface area (Å²) < 4.78 is 43.8. The third-order valence-electron chi connectivity index (χ3n) is 5.68. The Bertz CT molecular complexity index is 1640. The number of benzene rings is 1. The lowest BCUT2D eigenvalue weighted by Crippen LogP contribution is -2.16. The second-order valence-electron chi connectivity index (χ2n) is 8.19. The van der Waals surface area contributed by atoms with Gasteiger partial charge in [-0.15, -0.1) is 11.3 Å². The van der Waals surface area contributed by atoms with Gasteiger partial charge in [-0.2, -0.15) is 23.4 Å². The molecule has 0 unspecified atom stereocenters. The van der Waals surface area contributed by atoms with Crippen molar-refractivity contribution >= 4 is 51.8 Å². The topological polar surface area (TPSA) is 77.1 Å². The van der Waals surface area contributed by atoms with Crippen molar-refractivity contribution < 1.29 is 18.0 Å². The van der Waals surface area contributed by atoms with Crippen LogP contribution in [0.15, 0.2) is 47.8 Å². The zero-order valence-corrected chi connectivity index (χ0v) is 21.6. The Labute approximate surface area is 222 Å². The molecule has 0 atom stereocenters. The molecule has 5 rings (SSSR count). The van der Waals surface area contributed by atoms with Gasteiger partial charge in [-0.1, -0.05) is 35.3 Å². The van der Waals surface area contributed by atoms with Crippen LogP contribution in [-0.2, 0) is 12.7 Å². The van der Waals surface area contributed by atoms with Gasteiger partial charge in [0.25, 0.3) is 5.91 Å². The highest BCUT2D eigenvalue weighted by Crippen LogP contribution is 2.33. The molecule has 190 valence electrons. The van der Waals surface area contributed by atoms with Crippen molar-refractivity contribution in [1.29, 1.82) is 0 Å². The number of rotatable bonds is 5. The van der Waals surface area contributed by atoms with E-state index in [1.807, 2.05) is 0 Å². The molecule has 4 heterocycles. The molecule has 4 aromatic heterocycles. The van der Waals surface area contributed by atoms with Crippen LogP contribution in [0.4, 0.5) is 18.9 Å². The molecule has 1 N–H and O–H groups in total. The van der Waals surface area contributed by atoms with Gasteiger partial charge in [-0.25, -0.2) is 9.50 Å². The van der Waals surface area contributed by atoms with Crippen LogP contribution in [0.25, 0.3) is 16.2 Å². The maximum absolute atomic E-state index is 13.8. The second kappa shape index (κ2) is 9.47. The highest BCUT2D eigenvalue weighted by Gasteiger charge is 2.36. The molecule has 13 heteroatoms. The number of amides is 1. The lowest BCUT2D eigenvalue weighted by molar-refractivity contribution is -0.142. The molecular weight excluding hydrogens is 548 g/mol. The molecule has 7 nitrogen and oxygen atoms in total. The molecule has 1 aromatic carbocycles. The predicted octanol–water partition coefficient (Wildman–Crippen LogP) is 6.90. The summed E-state index contributed by atoms with van der Waals surface area (Å²) in [7, 11) is 0. The van der Waals surface area contributed by atoms with E-state index in [2.05, 4.69) is 20.5 Å². The molecular formula is C24H17Cl2F3N6OS. The SMILES string of the molecule is Cc1nn(Cc2ccc(Cl)cc2Cl)c(C)c1NC(=O)c1cc2nc(-c3cccs3)cc(C(F)(F)F)n2n1. The summed E-state index contributed by atoms with van der Waals surface area (Å²) in [6.07, 6.45) is -4.70. The second-order valence-corrected chi connectivity index (χ2v) is 9.99. The van der Waals surface area contributed by atoms with Crippen LogP contribution in [-0.4, -0.2) is 30.3 Å². The smallest absolute Gasteiger partial charge is 0.317 e. The fourth-order valence-corrected chi connectivity index (χ4v) is 5.01. The summed E-state index contributed by atoms with van der Waals surface area (Å²) >= 11 is 13.5. The molecule has 0 aliphatic heterocycles. The lowest BCUT2D eigenvalue weighted by Gasteiger charge is -2.10. The number of halogens is 5. The van der Waals surface area contributed by atoms with Gasteiger partial charge >= 0.3 is 6.18 Å². The molecule has 0 saturated heterocycles. The summed E-state index contributed by atoms with van der Waals surface area (Å²) in [6, 6.07) is 10.7. The number of nitrogens with zero attached hydrogens (tertiary/aromatic N) is 5. The van der Waals surface area contributed by atoms with Crippen molar-refractivity contribution in [1.82, 2.24) is 24.4 Å². The number of carbonyl (C=O) groups is 1. The average Bonchev–Trinajstić information content (AvgIpc) is 3.56. The Balaban J connectivity index is 1.47. The van der Waals surface area contributed by atoms with Gasteiger partial charge in [0.15, 0.2) is 17.0 Å². The first-order valence-corrected chi connectivity index (χ1v) is 12.5. The van der Waals surface area contributed by atoms with Crippen molar-refractivity contribution in [2.75, 3.05) is 5.32 Å². The fourth-order valence-electron chi connectivity index (χ4n) is 3.86. The zero-order chi connectivity index (χ0) is 26.5. The van der Waals surface area contributed by atoms with E-state index in [4.69, 9.17) is 23.2 Å². The van der Waals surface area contributed by atoms with Gasteiger partial charge in [-0.3, -0.25) is 9.48 Å². The van der Waals surface area contributed by atoms with Crippen LogP contribution in [0.5, 0.6) is 0 Å². The number of aromatic nitrogens is 5. The summed E-state index contributed by atoms with van der Waals surface area (Å²) in [5, 5.41) is 13.8. The van der Waals surface area contributed by atoms with Gasteiger partial charge in [-0.05, 0) is 49.1 Å². The molecule has 1 amide bonds. The number of hydrogen-bond acceptors (Lipinski definition) is 5. The maximum atomic E-state index is 13.8. The van der Waals surface area contributed by atoms with E-state index in [0.29, 0.717) is 43.1 Å². The first-order chi connectivity index (χ1) is 17.5. The Morgan fingerprint density at radius 3 is 2.57 bits per heavy atom. The van der Waals surface area contributed by atoms with Gasteiger partial charge in [0, 0.05) is 16.1 Å². The van der Waals surface area contributed by atoms with E-state index >= 15 is 0 Å². The highest BCUT2D eigenvalue weighted by molar-refractivity contribution is 7.13. The maximum Gasteiger partial charge on any atom is 0.433 e. The number of fused-ring (bicyclic) bond motifs is 1. The minimum absolute atomic E-state index is 0.0927. The number of nitrogens with one attached hydrogen (secondary N) is 1. The molecule has 37 heavy (non-hydrogen) atoms. The largest absolute Gasteiger partial charge is 0.433 e. The molecule has 0 spiro atoms. The summed E-state index contributed by atoms with van der Waals surface area (Å²) in [5.74, 6) is -0.688. The van der Waals surface area contributed by atoms with Gasteiger partial charge in [0.2, 0.25) is 0 Å². The third-order valence-corrected chi connectivity index (χ3v) is 7.16. The van der Waals surface area contributed by atoms with Gasteiger partial charge in [0.05, 0.1) is 34.2 Å². The molecule has 5 aromatic rings. The summed E-state index contributed by atoms with van der Waals surface area (Å²) in [5.41, 5.74) is 1.18. The van der Waals surface area contributed by atoms with Crippen LogP contribution < -0.4 is 5.32 Å². The molecule has 0 bridgehead atoms. The highest BCUT2D eigenvalue weighted by atomic mass is 35.5. The minimum Gasteiger partial charge on any atom is -0.317 e. The monoisotopic (exact) mass is 564 g/mol. The van der Waals surface area contributed by atoms with Crippen LogP contribution >= 0.6 is 34.5 Å². The molecule has 0 radical (unpaired) electrons. The minimum atomic E-state index is -4.70. The van der Waals surface area contributed by atoms with Crippen LogP contribution in [0.3, 0.4) is 0 Å². The first kappa shape index (κ1) is 25.2. The molecule has 0 aliphatic rings. The normalized spacial score (nSPS) is 11.9. The van der Waals surface area contributed by atoms with Crippen LogP contribution in [0, 0.1) is 13.8 Å². The van der Waals surface area contributed by atoms with E-state index in [9.17, 15) is 18.0 Å². The van der Waals surface area contributed by atoms with Crippen LogP contribution in [0.1, 0.15) is 33.1 Å². The van der Waals surface area contributed by atoms with Crippen molar-refractivity contribution in [3.63, 3.8) is 0 Å². The molecule has 0 saturated carbocycles. The van der Waals surface area contributed by atoms with Gasteiger partial charge in [0.1, 0.15) is 0 Å². The van der Waals surface area contributed by atoms with E-state index in [1.54, 1.807) is 54.2 Å². The number of thiophene rings is 1. The zero-order valence-electron chi connectivity index (χ0n) is 19.3. The number of anilines is 1. The first-order valence-electron chi connectivity index (χ1n) is 10.8. The molecule has 0 fully saturated rings. The standard InChI is InChI=1S/C24H17Cl2F3N6OS/c1-12-22(13(2)34(32-12)11-14-5-6-15(25)8-16(14)26)31-23(36)18-10-21-30-17(19-4-3-7-37-19)9-20(24(27,28)29)35(21)33-18/h3-10H,11H2,1-2H3,(H,31,36). The third kappa shape index (κ3) is 4.94. The van der Waals surface area contributed by atoms with Crippen molar-refractivity contribution in [3.05, 3.63) is 86.2 Å². The number of carbonyl (C=O) groups excluding carboxylic acids is 1. The van der Waals surface area contributed by atoms with E-state index in [-0.39, 0.29) is 17.0 Å². The average molecular weight is 565 g/mol. The van der Waals surface area contributed by atoms with Crippen molar-refractivity contribution in [3.8, 4) is 10.6 Å². The van der Waals surface area contributed by atoms with E-state index in [1.165, 1.54) is 17.4 Å². The van der Waals surface area contributed by atoms with Gasteiger partial charge < -0.3 is 5.32 Å². The van der Waals surface area contributed by atoms with Crippen LogP contribution in [0.2, 0.25) is 10.0 Å². The summed E-state index contributed by atoms with van der Waals surface area (Å²) in [4.78, 5) is 17.9. The number of alkyl halides is 3. The van der Waals surface area contributed by atoms with E-state index in [0.717, 1.165) is 11.6 Å².